The van der Waals surface area contributed by atoms with Crippen molar-refractivity contribution in [3.8, 4) is 5.75 Å². The van der Waals surface area contributed by atoms with Gasteiger partial charge in [0.15, 0.2) is 5.82 Å². The van der Waals surface area contributed by atoms with Crippen molar-refractivity contribution in [2.45, 2.75) is 18.8 Å². The Morgan fingerprint density at radius 1 is 1.52 bits per heavy atom. The van der Waals surface area contributed by atoms with Gasteiger partial charge in [-0.15, -0.1) is 0 Å². The first-order valence-electron chi connectivity index (χ1n) is 7.33. The lowest BCUT2D eigenvalue weighted by molar-refractivity contribution is 0.190. The number of amides is 2. The molecule has 1 N–H and O–H groups in total. The number of methoxy groups -OCH3 is 1. The van der Waals surface area contributed by atoms with Crippen molar-refractivity contribution in [3.05, 3.63) is 35.4 Å². The molecule has 122 valence electrons. The molecule has 1 saturated heterocycles. The molecule has 1 aromatic heterocycles. The number of aromatic nitrogens is 2. The van der Waals surface area contributed by atoms with Crippen LogP contribution >= 0.6 is 11.6 Å². The van der Waals surface area contributed by atoms with E-state index in [4.69, 9.17) is 20.9 Å². The minimum atomic E-state index is -0.196. The molecule has 2 amide bonds. The first-order chi connectivity index (χ1) is 11.2. The summed E-state index contributed by atoms with van der Waals surface area (Å²) < 4.78 is 10.0. The van der Waals surface area contributed by atoms with Gasteiger partial charge in [0.25, 0.3) is 0 Å². The van der Waals surface area contributed by atoms with Crippen molar-refractivity contribution in [3.63, 3.8) is 0 Å². The van der Waals surface area contributed by atoms with Gasteiger partial charge in [-0.1, -0.05) is 16.8 Å². The van der Waals surface area contributed by atoms with Crippen LogP contribution < -0.4 is 10.1 Å². The van der Waals surface area contributed by atoms with Gasteiger partial charge in [0.2, 0.25) is 6.39 Å². The van der Waals surface area contributed by atoms with Crippen molar-refractivity contribution >= 4 is 23.3 Å². The second-order valence-corrected chi connectivity index (χ2v) is 5.79. The lowest BCUT2D eigenvalue weighted by Gasteiger charge is -2.31. The number of nitrogens with one attached hydrogen (secondary N) is 1. The molecule has 8 heteroatoms. The molecule has 1 fully saturated rings. The summed E-state index contributed by atoms with van der Waals surface area (Å²) in [6, 6.07) is 4.90. The molecule has 0 radical (unpaired) electrons. The number of urea groups is 1. The zero-order chi connectivity index (χ0) is 16.2. The standard InChI is InChI=1S/C15H17ClN4O3/c1-22-13-5-4-11(16)7-12(13)18-15(21)20-6-2-3-10(8-20)14-17-9-23-19-14/h4-5,7,9-10H,2-3,6,8H2,1H3,(H,18,21)/t10-/m1/s1. The maximum absolute atomic E-state index is 12.5. The van der Waals surface area contributed by atoms with Gasteiger partial charge in [0.1, 0.15) is 5.75 Å². The Labute approximate surface area is 138 Å². The smallest absolute Gasteiger partial charge is 0.321 e. The highest BCUT2D eigenvalue weighted by molar-refractivity contribution is 6.31. The van der Waals surface area contributed by atoms with Gasteiger partial charge >= 0.3 is 6.03 Å². The van der Waals surface area contributed by atoms with Crippen LogP contribution in [0.15, 0.2) is 29.1 Å². The van der Waals surface area contributed by atoms with Gasteiger partial charge in [-0.3, -0.25) is 0 Å². The SMILES string of the molecule is COc1ccc(Cl)cc1NC(=O)N1CCC[C@@H](c2ncon2)C1. The predicted octanol–water partition coefficient (Wildman–Crippen LogP) is 3.14. The molecule has 7 nitrogen and oxygen atoms in total. The monoisotopic (exact) mass is 336 g/mol. The number of nitrogens with zero attached hydrogens (tertiary/aromatic N) is 3. The molecule has 3 rings (SSSR count). The first kappa shape index (κ1) is 15.6. The second-order valence-electron chi connectivity index (χ2n) is 5.35. The number of ether oxygens (including phenoxy) is 1. The van der Waals surface area contributed by atoms with Crippen LogP contribution in [0.1, 0.15) is 24.6 Å². The summed E-state index contributed by atoms with van der Waals surface area (Å²) in [6.45, 7) is 1.23. The van der Waals surface area contributed by atoms with E-state index in [1.165, 1.54) is 6.39 Å². The van der Waals surface area contributed by atoms with Gasteiger partial charge < -0.3 is 19.5 Å². The molecule has 0 unspecified atom stereocenters. The molecule has 0 bridgehead atoms. The highest BCUT2D eigenvalue weighted by Gasteiger charge is 2.27. The summed E-state index contributed by atoms with van der Waals surface area (Å²) in [7, 11) is 1.55. The maximum atomic E-state index is 12.5. The molecule has 2 aromatic rings. The highest BCUT2D eigenvalue weighted by atomic mass is 35.5. The number of carbonyl (C=O) groups excluding carboxylic acids is 1. The Morgan fingerprint density at radius 3 is 3.13 bits per heavy atom. The van der Waals surface area contributed by atoms with E-state index in [0.717, 1.165) is 12.8 Å². The molecule has 1 aliphatic heterocycles. The zero-order valence-corrected chi connectivity index (χ0v) is 13.4. The number of anilines is 1. The number of benzene rings is 1. The van der Waals surface area contributed by atoms with Crippen LogP contribution in [0.2, 0.25) is 5.02 Å². The fourth-order valence-corrected chi connectivity index (χ4v) is 2.88. The van der Waals surface area contributed by atoms with Crippen LogP contribution in [-0.2, 0) is 0 Å². The number of hydrogen-bond donors (Lipinski definition) is 1. The Hall–Kier alpha value is -2.28. The summed E-state index contributed by atoms with van der Waals surface area (Å²) >= 11 is 5.99. The number of carbonyl (C=O) groups is 1. The van der Waals surface area contributed by atoms with Crippen molar-refractivity contribution in [2.24, 2.45) is 0 Å². The van der Waals surface area contributed by atoms with E-state index in [-0.39, 0.29) is 11.9 Å². The van der Waals surface area contributed by atoms with E-state index < -0.39 is 0 Å². The molecule has 23 heavy (non-hydrogen) atoms. The Balaban J connectivity index is 1.69. The molecule has 0 aliphatic carbocycles. The van der Waals surface area contributed by atoms with Crippen molar-refractivity contribution in [1.29, 1.82) is 0 Å². The first-order valence-corrected chi connectivity index (χ1v) is 7.71. The van der Waals surface area contributed by atoms with Gasteiger partial charge in [-0.25, -0.2) is 4.79 Å². The van der Waals surface area contributed by atoms with Gasteiger partial charge in [-0.2, -0.15) is 4.98 Å². The minimum Gasteiger partial charge on any atom is -0.495 e. The third-order valence-corrected chi connectivity index (χ3v) is 4.09. The number of likely N-dealkylation sites (tertiary alicyclic amines) is 1. The molecular formula is C15H17ClN4O3. The van der Waals surface area contributed by atoms with E-state index in [0.29, 0.717) is 35.4 Å². The number of hydrogen-bond acceptors (Lipinski definition) is 5. The maximum Gasteiger partial charge on any atom is 0.321 e. The zero-order valence-electron chi connectivity index (χ0n) is 12.7. The van der Waals surface area contributed by atoms with E-state index in [1.807, 2.05) is 0 Å². The number of rotatable bonds is 3. The summed E-state index contributed by atoms with van der Waals surface area (Å²) in [5, 5.41) is 7.26. The topological polar surface area (TPSA) is 80.5 Å². The fraction of sp³-hybridized carbons (Fsp3) is 0.400. The Bertz CT molecular complexity index is 677. The largest absolute Gasteiger partial charge is 0.495 e. The molecule has 0 spiro atoms. The van der Waals surface area contributed by atoms with Crippen molar-refractivity contribution < 1.29 is 14.1 Å². The molecule has 2 heterocycles. The Morgan fingerprint density at radius 2 is 2.39 bits per heavy atom. The molecule has 1 aromatic carbocycles. The lowest BCUT2D eigenvalue weighted by Crippen LogP contribution is -2.41. The van der Waals surface area contributed by atoms with Crippen LogP contribution in [0.25, 0.3) is 0 Å². The normalized spacial score (nSPS) is 17.8. The minimum absolute atomic E-state index is 0.0921. The molecule has 1 aliphatic rings. The van der Waals surface area contributed by atoms with Crippen LogP contribution in [0.3, 0.4) is 0 Å². The second kappa shape index (κ2) is 6.87. The van der Waals surface area contributed by atoms with E-state index in [9.17, 15) is 4.79 Å². The van der Waals surface area contributed by atoms with Crippen molar-refractivity contribution in [1.82, 2.24) is 15.0 Å². The molecule has 0 saturated carbocycles. The van der Waals surface area contributed by atoms with Gasteiger partial charge in [-0.05, 0) is 31.0 Å². The fourth-order valence-electron chi connectivity index (χ4n) is 2.70. The lowest BCUT2D eigenvalue weighted by atomic mass is 9.98. The predicted molar refractivity (Wildman–Crippen MR) is 84.9 cm³/mol. The van der Waals surface area contributed by atoms with E-state index in [2.05, 4.69) is 15.5 Å². The van der Waals surface area contributed by atoms with Crippen molar-refractivity contribution in [2.75, 3.05) is 25.5 Å². The average Bonchev–Trinajstić information content (AvgIpc) is 3.10. The summed E-state index contributed by atoms with van der Waals surface area (Å²) in [5.74, 6) is 1.30. The number of halogens is 1. The average molecular weight is 337 g/mol. The summed E-state index contributed by atoms with van der Waals surface area (Å²) in [4.78, 5) is 18.3. The molecular weight excluding hydrogens is 320 g/mol. The quantitative estimate of drug-likeness (QED) is 0.931. The third-order valence-electron chi connectivity index (χ3n) is 3.86. The van der Waals surface area contributed by atoms with Crippen LogP contribution in [0.5, 0.6) is 5.75 Å². The van der Waals surface area contributed by atoms with Crippen LogP contribution in [0, 0.1) is 0 Å². The summed E-state index contributed by atoms with van der Waals surface area (Å²) in [5.41, 5.74) is 0.548. The highest BCUT2D eigenvalue weighted by Crippen LogP contribution is 2.29. The van der Waals surface area contributed by atoms with E-state index >= 15 is 0 Å². The van der Waals surface area contributed by atoms with Gasteiger partial charge in [0.05, 0.1) is 12.8 Å². The third kappa shape index (κ3) is 3.56. The Kier molecular flexibility index (Phi) is 4.66. The van der Waals surface area contributed by atoms with Crippen LogP contribution in [0.4, 0.5) is 10.5 Å². The number of piperidine rings is 1. The van der Waals surface area contributed by atoms with Crippen LogP contribution in [-0.4, -0.2) is 41.3 Å². The van der Waals surface area contributed by atoms with Gasteiger partial charge in [0, 0.05) is 24.0 Å². The van der Waals surface area contributed by atoms with E-state index in [1.54, 1.807) is 30.2 Å². The summed E-state index contributed by atoms with van der Waals surface area (Å²) in [6.07, 6.45) is 3.13. The molecule has 1 atom stereocenters.